The highest BCUT2D eigenvalue weighted by Gasteiger charge is 2.19. The molecule has 0 saturated carbocycles. The Hall–Kier alpha value is -1.27. The number of hydrogen-bond acceptors (Lipinski definition) is 4. The van der Waals surface area contributed by atoms with Gasteiger partial charge in [0.05, 0.1) is 11.4 Å². The molecule has 1 heterocycles. The van der Waals surface area contributed by atoms with Crippen LogP contribution >= 0.6 is 11.8 Å². The summed E-state index contributed by atoms with van der Waals surface area (Å²) in [6.07, 6.45) is 2.49. The van der Waals surface area contributed by atoms with Gasteiger partial charge in [-0.15, -0.1) is 0 Å². The Labute approximate surface area is 129 Å². The fourth-order valence-corrected chi connectivity index (χ4v) is 3.70. The second-order valence-corrected chi connectivity index (χ2v) is 6.53. The highest BCUT2D eigenvalue weighted by atomic mass is 32.2. The Morgan fingerprint density at radius 2 is 2.38 bits per heavy atom. The number of carbonyl (C=O) groups is 1. The summed E-state index contributed by atoms with van der Waals surface area (Å²) in [6.45, 7) is 0.914. The van der Waals surface area contributed by atoms with Gasteiger partial charge in [-0.25, -0.2) is 4.39 Å². The maximum absolute atomic E-state index is 12.9. The maximum atomic E-state index is 12.9. The molecule has 1 aromatic rings. The van der Waals surface area contributed by atoms with Crippen LogP contribution in [0.15, 0.2) is 18.2 Å². The lowest BCUT2D eigenvalue weighted by atomic mass is 10.2. The van der Waals surface area contributed by atoms with Crippen LogP contribution in [0.2, 0.25) is 0 Å². The number of rotatable bonds is 6. The van der Waals surface area contributed by atoms with Gasteiger partial charge < -0.3 is 16.0 Å². The summed E-state index contributed by atoms with van der Waals surface area (Å²) in [5.41, 5.74) is 6.39. The van der Waals surface area contributed by atoms with Crippen LogP contribution in [0.4, 0.5) is 15.8 Å². The molecule has 1 aliphatic rings. The molecule has 0 bridgehead atoms. The Morgan fingerprint density at radius 3 is 3.05 bits per heavy atom. The smallest absolute Gasteiger partial charge is 0.224 e. The Kier molecular flexibility index (Phi) is 5.87. The van der Waals surface area contributed by atoms with Crippen LogP contribution < -0.4 is 11.1 Å². The number of carbonyl (C=O) groups excluding carboxylic acids is 1. The number of nitrogen functional groups attached to an aromatic ring is 1. The Bertz CT molecular complexity index is 492. The van der Waals surface area contributed by atoms with E-state index in [4.69, 9.17) is 5.73 Å². The van der Waals surface area contributed by atoms with E-state index in [1.54, 1.807) is 0 Å². The Morgan fingerprint density at radius 1 is 1.57 bits per heavy atom. The van der Waals surface area contributed by atoms with Crippen LogP contribution in [0.3, 0.4) is 0 Å². The zero-order chi connectivity index (χ0) is 15.2. The van der Waals surface area contributed by atoms with E-state index in [1.807, 2.05) is 11.8 Å². The topological polar surface area (TPSA) is 58.4 Å². The quantitative estimate of drug-likeness (QED) is 0.793. The van der Waals surface area contributed by atoms with Crippen molar-refractivity contribution in [3.8, 4) is 0 Å². The summed E-state index contributed by atoms with van der Waals surface area (Å²) >= 11 is 1.99. The van der Waals surface area contributed by atoms with Gasteiger partial charge in [0.2, 0.25) is 5.91 Å². The third-order valence-electron chi connectivity index (χ3n) is 3.73. The molecule has 0 spiro atoms. The largest absolute Gasteiger partial charge is 0.397 e. The van der Waals surface area contributed by atoms with Crippen molar-refractivity contribution in [1.82, 2.24) is 4.90 Å². The fraction of sp³-hybridized carbons (Fsp3) is 0.533. The minimum atomic E-state index is -0.401. The number of benzene rings is 1. The van der Waals surface area contributed by atoms with Gasteiger partial charge >= 0.3 is 0 Å². The number of thioether (sulfide) groups is 1. The van der Waals surface area contributed by atoms with E-state index < -0.39 is 5.82 Å². The normalized spacial score (nSPS) is 18.1. The van der Waals surface area contributed by atoms with Gasteiger partial charge in [-0.3, -0.25) is 4.79 Å². The van der Waals surface area contributed by atoms with E-state index in [1.165, 1.54) is 36.1 Å². The third kappa shape index (κ3) is 4.89. The molecule has 3 N–H and O–H groups in total. The zero-order valence-corrected chi connectivity index (χ0v) is 13.1. The number of hydrogen-bond donors (Lipinski definition) is 2. The lowest BCUT2D eigenvalue weighted by Gasteiger charge is -2.23. The summed E-state index contributed by atoms with van der Waals surface area (Å²) < 4.78 is 12.9. The minimum absolute atomic E-state index is 0.0810. The van der Waals surface area contributed by atoms with Crippen molar-refractivity contribution in [1.29, 1.82) is 0 Å². The molecule has 1 amide bonds. The van der Waals surface area contributed by atoms with Crippen molar-refractivity contribution in [2.45, 2.75) is 25.3 Å². The molecule has 4 nitrogen and oxygen atoms in total. The predicted molar refractivity (Wildman–Crippen MR) is 87.0 cm³/mol. The van der Waals surface area contributed by atoms with Crippen molar-refractivity contribution in [3.05, 3.63) is 24.0 Å². The summed E-state index contributed by atoms with van der Waals surface area (Å²) in [5, 5.41) is 2.73. The van der Waals surface area contributed by atoms with Gasteiger partial charge in [-0.05, 0) is 50.4 Å². The zero-order valence-electron chi connectivity index (χ0n) is 12.3. The van der Waals surface area contributed by atoms with Crippen molar-refractivity contribution >= 4 is 29.0 Å². The van der Waals surface area contributed by atoms with Crippen LogP contribution in [-0.2, 0) is 4.79 Å². The predicted octanol–water partition coefficient (Wildman–Crippen LogP) is 2.56. The molecule has 116 valence electrons. The number of amides is 1. The van der Waals surface area contributed by atoms with E-state index in [-0.39, 0.29) is 11.6 Å². The third-order valence-corrected chi connectivity index (χ3v) is 4.88. The molecule has 1 atom stereocenters. The van der Waals surface area contributed by atoms with Gasteiger partial charge in [-0.2, -0.15) is 11.8 Å². The lowest BCUT2D eigenvalue weighted by molar-refractivity contribution is -0.116. The van der Waals surface area contributed by atoms with E-state index >= 15 is 0 Å². The first-order chi connectivity index (χ1) is 10.1. The molecule has 1 unspecified atom stereocenters. The molecule has 21 heavy (non-hydrogen) atoms. The molecule has 1 aliphatic heterocycles. The van der Waals surface area contributed by atoms with Crippen LogP contribution in [0.5, 0.6) is 0 Å². The number of halogens is 1. The van der Waals surface area contributed by atoms with Gasteiger partial charge in [0, 0.05) is 18.2 Å². The average molecular weight is 311 g/mol. The average Bonchev–Trinajstić information content (AvgIpc) is 2.96. The number of nitrogens with zero attached hydrogens (tertiary/aromatic N) is 1. The number of nitrogens with two attached hydrogens (primary N) is 1. The first-order valence-electron chi connectivity index (χ1n) is 7.19. The molecule has 1 saturated heterocycles. The van der Waals surface area contributed by atoms with Crippen molar-refractivity contribution in [2.75, 3.05) is 36.1 Å². The van der Waals surface area contributed by atoms with Crippen LogP contribution in [0, 0.1) is 5.82 Å². The summed E-state index contributed by atoms with van der Waals surface area (Å²) in [5.74, 6) is 1.94. The van der Waals surface area contributed by atoms with E-state index in [2.05, 4.69) is 17.3 Å². The summed E-state index contributed by atoms with van der Waals surface area (Å²) in [7, 11) is 2.12. The van der Waals surface area contributed by atoms with Crippen molar-refractivity contribution < 1.29 is 9.18 Å². The Balaban J connectivity index is 1.72. The van der Waals surface area contributed by atoms with Crippen LogP contribution in [-0.4, -0.2) is 41.9 Å². The minimum Gasteiger partial charge on any atom is -0.397 e. The van der Waals surface area contributed by atoms with Gasteiger partial charge in [0.15, 0.2) is 0 Å². The second kappa shape index (κ2) is 7.66. The molecule has 6 heteroatoms. The first kappa shape index (κ1) is 16.1. The van der Waals surface area contributed by atoms with Crippen LogP contribution in [0.1, 0.15) is 19.3 Å². The summed E-state index contributed by atoms with van der Waals surface area (Å²) in [4.78, 5) is 14.2. The molecule has 1 aromatic carbocycles. The monoisotopic (exact) mass is 311 g/mol. The molecule has 0 radical (unpaired) electrons. The molecular weight excluding hydrogens is 289 g/mol. The van der Waals surface area contributed by atoms with Crippen LogP contribution in [0.25, 0.3) is 0 Å². The number of nitrogens with one attached hydrogen (secondary N) is 1. The molecule has 0 aliphatic carbocycles. The van der Waals surface area contributed by atoms with E-state index in [0.717, 1.165) is 13.0 Å². The van der Waals surface area contributed by atoms with E-state index in [9.17, 15) is 9.18 Å². The lowest BCUT2D eigenvalue weighted by Crippen LogP contribution is -2.32. The number of anilines is 2. The summed E-state index contributed by atoms with van der Waals surface area (Å²) in [6, 6.07) is 4.63. The standard InChI is InChI=1S/C15H22FN3OS/c1-19(12-6-8-21-10-12)7-2-3-15(20)18-14-5-4-11(16)9-13(14)17/h4-5,9,12H,2-3,6-8,10,17H2,1H3,(H,18,20). The SMILES string of the molecule is CN(CCCC(=O)Nc1ccc(F)cc1N)C1CCSC1. The van der Waals surface area contributed by atoms with Crippen molar-refractivity contribution in [3.63, 3.8) is 0 Å². The molecule has 2 rings (SSSR count). The maximum Gasteiger partial charge on any atom is 0.224 e. The second-order valence-electron chi connectivity index (χ2n) is 5.38. The van der Waals surface area contributed by atoms with Gasteiger partial charge in [0.1, 0.15) is 5.82 Å². The molecular formula is C15H22FN3OS. The first-order valence-corrected chi connectivity index (χ1v) is 8.34. The van der Waals surface area contributed by atoms with Crippen molar-refractivity contribution in [2.24, 2.45) is 0 Å². The van der Waals surface area contributed by atoms with E-state index in [0.29, 0.717) is 18.2 Å². The highest BCUT2D eigenvalue weighted by molar-refractivity contribution is 7.99. The molecule has 1 fully saturated rings. The van der Waals surface area contributed by atoms with Gasteiger partial charge in [-0.1, -0.05) is 0 Å². The highest BCUT2D eigenvalue weighted by Crippen LogP contribution is 2.22. The molecule has 0 aromatic heterocycles. The fourth-order valence-electron chi connectivity index (χ4n) is 2.40. The van der Waals surface area contributed by atoms with Gasteiger partial charge in [0.25, 0.3) is 0 Å².